The molecule has 0 aromatic rings. The minimum atomic E-state index is 0.153. The molecular formula is C8H14O2. The van der Waals surface area contributed by atoms with Crippen LogP contribution in [0.2, 0.25) is 0 Å². The van der Waals surface area contributed by atoms with E-state index in [1.165, 1.54) is 6.47 Å². The molecule has 0 radical (unpaired) electrons. The molecule has 0 bridgehead atoms. The maximum Gasteiger partial charge on any atom is 0.325 e. The topological polar surface area (TPSA) is 20.5 Å². The molecule has 0 aliphatic carbocycles. The number of hydrogen-bond acceptors (Lipinski definition) is 1. The second-order valence-electron chi connectivity index (χ2n) is 3.51. The molecule has 0 aromatic carbocycles. The van der Waals surface area contributed by atoms with E-state index in [2.05, 4.69) is 20.8 Å². The zero-order valence-corrected chi connectivity index (χ0v) is 6.81. The monoisotopic (exact) mass is 142 g/mol. The van der Waals surface area contributed by atoms with Crippen molar-refractivity contribution >= 4 is 6.47 Å². The molecule has 1 aliphatic rings. The minimum absolute atomic E-state index is 0.153. The van der Waals surface area contributed by atoms with E-state index in [-0.39, 0.29) is 5.41 Å². The SMILES string of the molecule is CC(C)(C)[C-]1CCOC=[O+]1. The fraction of sp³-hybridized carbons (Fsp3) is 0.750. The Morgan fingerprint density at radius 2 is 2.20 bits per heavy atom. The normalized spacial score (nSPS) is 18.9. The lowest BCUT2D eigenvalue weighted by molar-refractivity contribution is -0.474. The van der Waals surface area contributed by atoms with Crippen molar-refractivity contribution in [2.24, 2.45) is 5.41 Å². The summed E-state index contributed by atoms with van der Waals surface area (Å²) < 4.78 is 10.1. The lowest BCUT2D eigenvalue weighted by Gasteiger charge is -2.30. The van der Waals surface area contributed by atoms with Crippen LogP contribution >= 0.6 is 0 Å². The van der Waals surface area contributed by atoms with Crippen molar-refractivity contribution in [2.45, 2.75) is 27.2 Å². The van der Waals surface area contributed by atoms with Gasteiger partial charge in [0, 0.05) is 6.42 Å². The summed E-state index contributed by atoms with van der Waals surface area (Å²) >= 11 is 0. The maximum atomic E-state index is 5.21. The van der Waals surface area contributed by atoms with Crippen molar-refractivity contribution in [1.29, 1.82) is 0 Å². The molecule has 0 saturated carbocycles. The second kappa shape index (κ2) is 2.52. The van der Waals surface area contributed by atoms with Gasteiger partial charge in [0.1, 0.15) is 0 Å². The Morgan fingerprint density at radius 3 is 2.50 bits per heavy atom. The van der Waals surface area contributed by atoms with Crippen LogP contribution in [0.1, 0.15) is 27.2 Å². The molecule has 0 amide bonds. The van der Waals surface area contributed by atoms with E-state index in [0.29, 0.717) is 0 Å². The molecule has 1 rings (SSSR count). The van der Waals surface area contributed by atoms with Gasteiger partial charge in [-0.1, -0.05) is 20.8 Å². The Bertz CT molecular complexity index is 133. The highest BCUT2D eigenvalue weighted by molar-refractivity contribution is 5.39. The van der Waals surface area contributed by atoms with Crippen molar-refractivity contribution in [1.82, 2.24) is 0 Å². The number of rotatable bonds is 0. The standard InChI is InChI=1S/C8H14O2/c1-8(2,3)7-4-5-9-6-10-7/h6H,4-5H2,1-3H3. The van der Waals surface area contributed by atoms with Crippen molar-refractivity contribution < 1.29 is 9.16 Å². The lowest BCUT2D eigenvalue weighted by Crippen LogP contribution is -2.24. The summed E-state index contributed by atoms with van der Waals surface area (Å²) in [5, 5.41) is 0. The average Bonchev–Trinajstić information content (AvgIpc) is 1.88. The van der Waals surface area contributed by atoms with Crippen LogP contribution < -0.4 is 0 Å². The van der Waals surface area contributed by atoms with Crippen molar-refractivity contribution in [3.63, 3.8) is 0 Å². The van der Waals surface area contributed by atoms with Gasteiger partial charge in [0.25, 0.3) is 0 Å². The Hall–Kier alpha value is -0.660. The third kappa shape index (κ3) is 1.66. The zero-order chi connectivity index (χ0) is 7.61. The van der Waals surface area contributed by atoms with E-state index in [0.717, 1.165) is 19.1 Å². The van der Waals surface area contributed by atoms with Crippen LogP contribution in [-0.4, -0.2) is 13.1 Å². The van der Waals surface area contributed by atoms with Crippen molar-refractivity contribution in [3.8, 4) is 0 Å². The molecule has 0 unspecified atom stereocenters. The number of ether oxygens (including phenoxy) is 1. The highest BCUT2D eigenvalue weighted by atomic mass is 16.6. The third-order valence-corrected chi connectivity index (χ3v) is 1.54. The van der Waals surface area contributed by atoms with Gasteiger partial charge in [0.15, 0.2) is 6.61 Å². The van der Waals surface area contributed by atoms with E-state index in [9.17, 15) is 0 Å². The van der Waals surface area contributed by atoms with E-state index >= 15 is 0 Å². The summed E-state index contributed by atoms with van der Waals surface area (Å²) in [6.07, 6.45) is 2.03. The fourth-order valence-electron chi connectivity index (χ4n) is 0.903. The van der Waals surface area contributed by atoms with Gasteiger partial charge in [-0.05, 0) is 5.41 Å². The van der Waals surface area contributed by atoms with E-state index in [1.54, 1.807) is 0 Å². The number of hydrogen-bond donors (Lipinski definition) is 0. The quantitative estimate of drug-likeness (QED) is 0.286. The highest BCUT2D eigenvalue weighted by Gasteiger charge is 2.23. The van der Waals surface area contributed by atoms with Gasteiger partial charge in [0.05, 0.1) is 6.10 Å². The van der Waals surface area contributed by atoms with Crippen LogP contribution in [0.25, 0.3) is 0 Å². The van der Waals surface area contributed by atoms with Gasteiger partial charge in [0.2, 0.25) is 0 Å². The van der Waals surface area contributed by atoms with Gasteiger partial charge in [-0.3, -0.25) is 0 Å². The maximum absolute atomic E-state index is 5.21. The molecule has 2 heteroatoms. The summed E-state index contributed by atoms with van der Waals surface area (Å²) in [5.41, 5.74) is 0.153. The first-order valence-electron chi connectivity index (χ1n) is 3.57. The average molecular weight is 142 g/mol. The van der Waals surface area contributed by atoms with Crippen molar-refractivity contribution in [2.75, 3.05) is 6.61 Å². The second-order valence-corrected chi connectivity index (χ2v) is 3.51. The smallest absolute Gasteiger partial charge is 0.325 e. The highest BCUT2D eigenvalue weighted by Crippen LogP contribution is 2.30. The van der Waals surface area contributed by atoms with E-state index in [1.807, 2.05) is 0 Å². The Kier molecular flexibility index (Phi) is 1.88. The van der Waals surface area contributed by atoms with Crippen LogP contribution in [0.15, 0.2) is 0 Å². The first-order chi connectivity index (χ1) is 4.61. The Labute approximate surface area is 61.9 Å². The summed E-state index contributed by atoms with van der Waals surface area (Å²) in [7, 11) is 0. The van der Waals surface area contributed by atoms with Crippen LogP contribution in [0, 0.1) is 11.5 Å². The molecule has 58 valence electrons. The Balaban J connectivity index is 2.55. The third-order valence-electron chi connectivity index (χ3n) is 1.54. The Morgan fingerprint density at radius 1 is 1.50 bits per heavy atom. The predicted molar refractivity (Wildman–Crippen MR) is 39.3 cm³/mol. The van der Waals surface area contributed by atoms with Gasteiger partial charge in [-0.2, -0.15) is 0 Å². The summed E-state index contributed by atoms with van der Waals surface area (Å²) in [4.78, 5) is 0. The molecule has 2 nitrogen and oxygen atoms in total. The number of cyclic esters (lactones) is 1. The zero-order valence-electron chi connectivity index (χ0n) is 6.81. The van der Waals surface area contributed by atoms with Crippen LogP contribution in [-0.2, 0) is 9.16 Å². The van der Waals surface area contributed by atoms with Crippen LogP contribution in [0.4, 0.5) is 0 Å². The molecule has 0 saturated heterocycles. The lowest BCUT2D eigenvalue weighted by atomic mass is 9.87. The van der Waals surface area contributed by atoms with Crippen LogP contribution in [0.3, 0.4) is 0 Å². The largest absolute Gasteiger partial charge is 0.465 e. The first-order valence-corrected chi connectivity index (χ1v) is 3.57. The van der Waals surface area contributed by atoms with Crippen molar-refractivity contribution in [3.05, 3.63) is 6.10 Å². The fourth-order valence-corrected chi connectivity index (χ4v) is 0.903. The molecule has 0 atom stereocenters. The van der Waals surface area contributed by atoms with Crippen LogP contribution in [0.5, 0.6) is 0 Å². The molecule has 0 spiro atoms. The summed E-state index contributed by atoms with van der Waals surface area (Å²) in [6, 6.07) is 0. The van der Waals surface area contributed by atoms with Gasteiger partial charge < -0.3 is 9.16 Å². The molecule has 10 heavy (non-hydrogen) atoms. The summed E-state index contributed by atoms with van der Waals surface area (Å²) in [5.74, 6) is 0. The van der Waals surface area contributed by atoms with Gasteiger partial charge in [-0.25, -0.2) is 0 Å². The molecule has 1 aliphatic heterocycles. The predicted octanol–water partition coefficient (Wildman–Crippen LogP) is 1.68. The van der Waals surface area contributed by atoms with Gasteiger partial charge >= 0.3 is 6.47 Å². The minimum Gasteiger partial charge on any atom is -0.465 e. The molecule has 0 N–H and O–H groups in total. The molecular weight excluding hydrogens is 128 g/mol. The van der Waals surface area contributed by atoms with Gasteiger partial charge in [-0.15, -0.1) is 0 Å². The molecule has 0 fully saturated rings. The number of carbonyl (C=O) groups excluding carboxylic acids is 1. The molecule has 1 heterocycles. The van der Waals surface area contributed by atoms with E-state index < -0.39 is 0 Å². The van der Waals surface area contributed by atoms with E-state index in [4.69, 9.17) is 9.16 Å². The summed E-state index contributed by atoms with van der Waals surface area (Å²) in [6.45, 7) is 8.60. The molecule has 0 aromatic heterocycles. The first kappa shape index (κ1) is 7.45.